The predicted molar refractivity (Wildman–Crippen MR) is 104 cm³/mol. The second-order valence-electron chi connectivity index (χ2n) is 5.79. The zero-order chi connectivity index (χ0) is 18.1. The van der Waals surface area contributed by atoms with Gasteiger partial charge in [0.15, 0.2) is 0 Å². The van der Waals surface area contributed by atoms with Crippen molar-refractivity contribution in [2.75, 3.05) is 5.32 Å². The molecule has 1 N–H and O–H groups in total. The Hall–Kier alpha value is -3.06. The minimum absolute atomic E-state index is 0.201. The van der Waals surface area contributed by atoms with Gasteiger partial charge in [0.05, 0.1) is 5.39 Å². The number of hydrogen-bond donors (Lipinski definition) is 1. The molecule has 0 atom stereocenters. The largest absolute Gasteiger partial charge is 0.324 e. The van der Waals surface area contributed by atoms with Crippen LogP contribution in [-0.4, -0.2) is 20.9 Å². The first-order chi connectivity index (χ1) is 12.6. The number of nitrogens with zero attached hydrogens (tertiary/aromatic N) is 3. The molecule has 0 aliphatic carbocycles. The Morgan fingerprint density at radius 1 is 1.04 bits per heavy atom. The molecule has 0 radical (unpaired) electrons. The fourth-order valence-electron chi connectivity index (χ4n) is 2.79. The molecule has 0 spiro atoms. The van der Waals surface area contributed by atoms with E-state index in [0.717, 1.165) is 19.9 Å². The van der Waals surface area contributed by atoms with Crippen molar-refractivity contribution >= 4 is 49.2 Å². The van der Waals surface area contributed by atoms with Crippen molar-refractivity contribution in [3.8, 4) is 0 Å². The maximum atomic E-state index is 12.4. The van der Waals surface area contributed by atoms with Crippen LogP contribution in [0.25, 0.3) is 21.7 Å². The van der Waals surface area contributed by atoms with E-state index in [1.54, 1.807) is 24.3 Å². The molecule has 3 aromatic carbocycles. The van der Waals surface area contributed by atoms with E-state index in [-0.39, 0.29) is 18.0 Å². The Morgan fingerprint density at radius 3 is 2.77 bits per heavy atom. The topological polar surface area (TPSA) is 76.9 Å². The van der Waals surface area contributed by atoms with Gasteiger partial charge in [-0.2, -0.15) is 0 Å². The normalized spacial score (nSPS) is 11.0. The summed E-state index contributed by atoms with van der Waals surface area (Å²) in [6.07, 6.45) is 0. The summed E-state index contributed by atoms with van der Waals surface area (Å²) < 4.78 is 2.06. The lowest BCUT2D eigenvalue weighted by molar-refractivity contribution is -0.117. The number of halogens is 1. The van der Waals surface area contributed by atoms with Gasteiger partial charge in [-0.1, -0.05) is 51.5 Å². The number of hydrogen-bond acceptors (Lipinski definition) is 4. The van der Waals surface area contributed by atoms with Crippen molar-refractivity contribution in [2.24, 2.45) is 0 Å². The van der Waals surface area contributed by atoms with Crippen LogP contribution in [0.4, 0.5) is 5.69 Å². The zero-order valence-electron chi connectivity index (χ0n) is 13.5. The van der Waals surface area contributed by atoms with Crippen LogP contribution in [0.5, 0.6) is 0 Å². The summed E-state index contributed by atoms with van der Waals surface area (Å²) in [4.78, 5) is 24.7. The highest BCUT2D eigenvalue weighted by Crippen LogP contribution is 2.26. The smallest absolute Gasteiger partial charge is 0.278 e. The molecule has 0 bridgehead atoms. The third kappa shape index (κ3) is 3.09. The molecule has 128 valence electrons. The summed E-state index contributed by atoms with van der Waals surface area (Å²) in [6, 6.07) is 18.4. The van der Waals surface area contributed by atoms with Crippen molar-refractivity contribution in [1.82, 2.24) is 15.0 Å². The average Bonchev–Trinajstić information content (AvgIpc) is 2.64. The van der Waals surface area contributed by atoms with E-state index in [1.165, 1.54) is 0 Å². The van der Waals surface area contributed by atoms with Crippen molar-refractivity contribution in [3.63, 3.8) is 0 Å². The Kier molecular flexibility index (Phi) is 4.22. The number of carbonyl (C=O) groups excluding carboxylic acids is 1. The van der Waals surface area contributed by atoms with Gasteiger partial charge < -0.3 is 5.32 Å². The Morgan fingerprint density at radius 2 is 1.88 bits per heavy atom. The van der Waals surface area contributed by atoms with Crippen LogP contribution >= 0.6 is 15.9 Å². The van der Waals surface area contributed by atoms with Crippen molar-refractivity contribution in [1.29, 1.82) is 0 Å². The van der Waals surface area contributed by atoms with Crippen LogP contribution in [0.15, 0.2) is 69.9 Å². The zero-order valence-corrected chi connectivity index (χ0v) is 15.1. The molecular formula is C19H13BrN4O2. The molecule has 0 saturated heterocycles. The summed E-state index contributed by atoms with van der Waals surface area (Å²) in [6.45, 7) is -0.201. The number of fused-ring (bicyclic) bond motifs is 2. The molecule has 4 rings (SSSR count). The Balaban J connectivity index is 1.58. The average molecular weight is 409 g/mol. The molecule has 0 saturated carbocycles. The predicted octanol–water partition coefficient (Wildman–Crippen LogP) is 3.35. The van der Waals surface area contributed by atoms with Crippen LogP contribution in [-0.2, 0) is 11.3 Å². The standard InChI is InChI=1S/C19H13BrN4O2/c20-16-6-3-4-12-10-13(8-9-14(12)16)21-18(25)11-24-19(26)15-5-1-2-7-17(15)22-23-24/h1-10H,11H2,(H,21,25). The van der Waals surface area contributed by atoms with Gasteiger partial charge in [-0.3, -0.25) is 9.59 Å². The van der Waals surface area contributed by atoms with E-state index < -0.39 is 0 Å². The van der Waals surface area contributed by atoms with Gasteiger partial charge in [0, 0.05) is 10.2 Å². The first kappa shape index (κ1) is 16.4. The third-order valence-electron chi connectivity index (χ3n) is 4.03. The van der Waals surface area contributed by atoms with Gasteiger partial charge >= 0.3 is 0 Å². The number of aromatic nitrogens is 3. The quantitative estimate of drug-likeness (QED) is 0.563. The van der Waals surface area contributed by atoms with Gasteiger partial charge in [0.1, 0.15) is 12.1 Å². The van der Waals surface area contributed by atoms with Crippen molar-refractivity contribution in [2.45, 2.75) is 6.54 Å². The van der Waals surface area contributed by atoms with Crippen molar-refractivity contribution in [3.05, 3.63) is 75.5 Å². The maximum absolute atomic E-state index is 12.4. The van der Waals surface area contributed by atoms with Crippen LogP contribution in [0.2, 0.25) is 0 Å². The minimum atomic E-state index is -0.342. The summed E-state index contributed by atoms with van der Waals surface area (Å²) in [5, 5.41) is 13.1. The number of rotatable bonds is 3. The van der Waals surface area contributed by atoms with Crippen LogP contribution in [0.1, 0.15) is 0 Å². The monoisotopic (exact) mass is 408 g/mol. The Labute approximate surface area is 156 Å². The van der Waals surface area contributed by atoms with Crippen LogP contribution in [0, 0.1) is 0 Å². The van der Waals surface area contributed by atoms with Crippen LogP contribution < -0.4 is 10.9 Å². The molecule has 0 aliphatic rings. The van der Waals surface area contributed by atoms with E-state index in [9.17, 15) is 9.59 Å². The molecule has 0 unspecified atom stereocenters. The van der Waals surface area contributed by atoms with Gasteiger partial charge in [-0.15, -0.1) is 5.10 Å². The lowest BCUT2D eigenvalue weighted by atomic mass is 10.1. The molecule has 7 heteroatoms. The highest BCUT2D eigenvalue weighted by molar-refractivity contribution is 9.10. The lowest BCUT2D eigenvalue weighted by Crippen LogP contribution is -2.30. The number of anilines is 1. The molecule has 1 amide bonds. The molecule has 0 aliphatic heterocycles. The maximum Gasteiger partial charge on any atom is 0.278 e. The van der Waals surface area contributed by atoms with E-state index in [1.807, 2.05) is 36.4 Å². The molecule has 0 fully saturated rings. The molecular weight excluding hydrogens is 396 g/mol. The van der Waals surface area contributed by atoms with Gasteiger partial charge in [-0.05, 0) is 41.1 Å². The Bertz CT molecular complexity index is 1200. The number of carbonyl (C=O) groups is 1. The molecule has 1 heterocycles. The first-order valence-corrected chi connectivity index (χ1v) is 8.72. The fraction of sp³-hybridized carbons (Fsp3) is 0.0526. The number of amides is 1. The molecule has 1 aromatic heterocycles. The number of benzene rings is 3. The summed E-state index contributed by atoms with van der Waals surface area (Å²) >= 11 is 3.50. The van der Waals surface area contributed by atoms with E-state index in [4.69, 9.17) is 0 Å². The molecule has 26 heavy (non-hydrogen) atoms. The van der Waals surface area contributed by atoms with E-state index in [0.29, 0.717) is 16.6 Å². The second kappa shape index (κ2) is 6.68. The van der Waals surface area contributed by atoms with Crippen LogP contribution in [0.3, 0.4) is 0 Å². The minimum Gasteiger partial charge on any atom is -0.324 e. The van der Waals surface area contributed by atoms with Gasteiger partial charge in [-0.25, -0.2) is 4.68 Å². The van der Waals surface area contributed by atoms with Crippen molar-refractivity contribution < 1.29 is 4.79 Å². The summed E-state index contributed by atoms with van der Waals surface area (Å²) in [5.41, 5.74) is 0.824. The highest BCUT2D eigenvalue weighted by Gasteiger charge is 2.10. The van der Waals surface area contributed by atoms with E-state index in [2.05, 4.69) is 31.6 Å². The highest BCUT2D eigenvalue weighted by atomic mass is 79.9. The van der Waals surface area contributed by atoms with E-state index >= 15 is 0 Å². The third-order valence-corrected chi connectivity index (χ3v) is 4.73. The summed E-state index contributed by atoms with van der Waals surface area (Å²) in [5.74, 6) is -0.342. The SMILES string of the molecule is O=C(Cn1nnc2ccccc2c1=O)Nc1ccc2c(Br)cccc2c1. The molecule has 4 aromatic rings. The molecule has 6 nitrogen and oxygen atoms in total. The fourth-order valence-corrected chi connectivity index (χ4v) is 3.30. The van der Waals surface area contributed by atoms with Gasteiger partial charge in [0.2, 0.25) is 5.91 Å². The van der Waals surface area contributed by atoms with Gasteiger partial charge in [0.25, 0.3) is 5.56 Å². The lowest BCUT2D eigenvalue weighted by Gasteiger charge is -2.08. The second-order valence-corrected chi connectivity index (χ2v) is 6.65. The first-order valence-electron chi connectivity index (χ1n) is 7.92. The summed E-state index contributed by atoms with van der Waals surface area (Å²) in [7, 11) is 0. The number of nitrogens with one attached hydrogen (secondary N) is 1.